The normalized spacial score (nSPS) is 12.2. The summed E-state index contributed by atoms with van der Waals surface area (Å²) in [6.07, 6.45) is 1.64. The first-order valence-corrected chi connectivity index (χ1v) is 12.2. The molecule has 0 aliphatic heterocycles. The second-order valence-electron chi connectivity index (χ2n) is 7.07. The third-order valence-electron chi connectivity index (χ3n) is 4.62. The number of amides is 2. The molecule has 0 aliphatic rings. The standard InChI is InChI=1S/C20H21IN6O5S/c1-13(20(29)25-30)19(28)23-16-6-2-14(3-7-16)11-27-12-17(24-26-27)10-22-33(31,32)18-8-4-15(21)5-9-18/h2-9,12-13,22,30H,10-11H2,1H3,(H,23,28)(H,25,29). The molecular formula is C20H21IN6O5S. The highest BCUT2D eigenvalue weighted by atomic mass is 127. The molecular weight excluding hydrogens is 563 g/mol. The molecule has 0 saturated carbocycles. The minimum absolute atomic E-state index is 0.00110. The number of halogens is 1. The van der Waals surface area contributed by atoms with Gasteiger partial charge < -0.3 is 5.32 Å². The Kier molecular flexibility index (Phi) is 8.12. The van der Waals surface area contributed by atoms with Crippen molar-refractivity contribution in [2.24, 2.45) is 5.92 Å². The highest BCUT2D eigenvalue weighted by Crippen LogP contribution is 2.14. The summed E-state index contributed by atoms with van der Waals surface area (Å²) in [6, 6.07) is 13.4. The summed E-state index contributed by atoms with van der Waals surface area (Å²) in [7, 11) is -3.66. The van der Waals surface area contributed by atoms with Crippen LogP contribution in [0.3, 0.4) is 0 Å². The Hall–Kier alpha value is -2.88. The fourth-order valence-electron chi connectivity index (χ4n) is 2.71. The SMILES string of the molecule is CC(C(=O)NO)C(=O)Nc1ccc(Cn2cc(CNS(=O)(=O)c3ccc(I)cc3)nn2)cc1. The zero-order valence-electron chi connectivity index (χ0n) is 17.4. The first-order valence-electron chi connectivity index (χ1n) is 9.66. The van der Waals surface area contributed by atoms with Crippen LogP contribution in [0.4, 0.5) is 5.69 Å². The molecule has 13 heteroatoms. The third-order valence-corrected chi connectivity index (χ3v) is 6.75. The Balaban J connectivity index is 1.55. The number of hydrogen-bond acceptors (Lipinski definition) is 7. The van der Waals surface area contributed by atoms with Crippen molar-refractivity contribution in [3.8, 4) is 0 Å². The maximum Gasteiger partial charge on any atom is 0.255 e. The Morgan fingerprint density at radius 1 is 1.09 bits per heavy atom. The van der Waals surface area contributed by atoms with Gasteiger partial charge in [0.05, 0.1) is 29.9 Å². The fourth-order valence-corrected chi connectivity index (χ4v) is 4.07. The van der Waals surface area contributed by atoms with Gasteiger partial charge in [-0.25, -0.2) is 23.3 Å². The van der Waals surface area contributed by atoms with E-state index < -0.39 is 27.8 Å². The van der Waals surface area contributed by atoms with Crippen molar-refractivity contribution in [2.45, 2.75) is 24.9 Å². The number of benzene rings is 2. The van der Waals surface area contributed by atoms with Gasteiger partial charge >= 0.3 is 0 Å². The number of aromatic nitrogens is 3. The van der Waals surface area contributed by atoms with E-state index in [0.717, 1.165) is 9.13 Å². The Morgan fingerprint density at radius 3 is 2.39 bits per heavy atom. The van der Waals surface area contributed by atoms with Gasteiger partial charge in [0, 0.05) is 9.26 Å². The van der Waals surface area contributed by atoms with Crippen LogP contribution in [-0.2, 0) is 32.7 Å². The fraction of sp³-hybridized carbons (Fsp3) is 0.200. The van der Waals surface area contributed by atoms with E-state index in [-0.39, 0.29) is 11.4 Å². The summed E-state index contributed by atoms with van der Waals surface area (Å²) < 4.78 is 29.8. The highest BCUT2D eigenvalue weighted by Gasteiger charge is 2.21. The van der Waals surface area contributed by atoms with Crippen LogP contribution in [0.5, 0.6) is 0 Å². The molecule has 33 heavy (non-hydrogen) atoms. The van der Waals surface area contributed by atoms with E-state index in [9.17, 15) is 18.0 Å². The van der Waals surface area contributed by atoms with Gasteiger partial charge in [-0.2, -0.15) is 0 Å². The number of anilines is 1. The number of rotatable bonds is 9. The number of carbonyl (C=O) groups is 2. The molecule has 0 radical (unpaired) electrons. The number of hydrogen-bond donors (Lipinski definition) is 4. The smallest absolute Gasteiger partial charge is 0.255 e. The molecule has 1 atom stereocenters. The topological polar surface area (TPSA) is 155 Å². The third kappa shape index (κ3) is 6.80. The van der Waals surface area contributed by atoms with E-state index in [2.05, 4.69) is 42.9 Å². The lowest BCUT2D eigenvalue weighted by Crippen LogP contribution is -2.34. The molecule has 2 aromatic carbocycles. The molecule has 174 valence electrons. The van der Waals surface area contributed by atoms with Crippen molar-refractivity contribution < 1.29 is 23.2 Å². The minimum atomic E-state index is -3.66. The van der Waals surface area contributed by atoms with Crippen LogP contribution >= 0.6 is 22.6 Å². The molecule has 3 aromatic rings. The molecule has 4 N–H and O–H groups in total. The van der Waals surface area contributed by atoms with Gasteiger partial charge in [0.15, 0.2) is 0 Å². The zero-order valence-corrected chi connectivity index (χ0v) is 20.4. The summed E-state index contributed by atoms with van der Waals surface area (Å²) >= 11 is 2.10. The van der Waals surface area contributed by atoms with Crippen LogP contribution in [0.15, 0.2) is 59.6 Å². The minimum Gasteiger partial charge on any atom is -0.325 e. The molecule has 0 aliphatic carbocycles. The number of hydroxylamine groups is 1. The molecule has 11 nitrogen and oxygen atoms in total. The Morgan fingerprint density at radius 2 is 1.76 bits per heavy atom. The molecule has 0 fully saturated rings. The Bertz CT molecular complexity index is 1230. The molecule has 1 heterocycles. The molecule has 1 aromatic heterocycles. The summed E-state index contributed by atoms with van der Waals surface area (Å²) in [5.41, 5.74) is 3.26. The zero-order chi connectivity index (χ0) is 24.0. The molecule has 1 unspecified atom stereocenters. The summed E-state index contributed by atoms with van der Waals surface area (Å²) in [5.74, 6) is -2.40. The first kappa shape index (κ1) is 24.8. The molecule has 2 amide bonds. The van der Waals surface area contributed by atoms with E-state index in [1.807, 2.05) is 0 Å². The average Bonchev–Trinajstić information content (AvgIpc) is 3.25. The molecule has 0 spiro atoms. The van der Waals surface area contributed by atoms with Gasteiger partial charge in [-0.05, 0) is 71.5 Å². The lowest BCUT2D eigenvalue weighted by molar-refractivity contribution is -0.137. The van der Waals surface area contributed by atoms with Crippen molar-refractivity contribution in [1.29, 1.82) is 0 Å². The van der Waals surface area contributed by atoms with Crippen molar-refractivity contribution >= 4 is 50.1 Å². The van der Waals surface area contributed by atoms with Crippen LogP contribution in [-0.4, -0.2) is 40.4 Å². The second-order valence-corrected chi connectivity index (χ2v) is 10.1. The van der Waals surface area contributed by atoms with Crippen LogP contribution in [0.25, 0.3) is 0 Å². The monoisotopic (exact) mass is 584 g/mol. The van der Waals surface area contributed by atoms with Gasteiger partial charge in [0.1, 0.15) is 5.92 Å². The molecule has 0 saturated heterocycles. The van der Waals surface area contributed by atoms with Crippen molar-refractivity contribution in [3.63, 3.8) is 0 Å². The largest absolute Gasteiger partial charge is 0.325 e. The van der Waals surface area contributed by atoms with Gasteiger partial charge in [-0.1, -0.05) is 17.3 Å². The van der Waals surface area contributed by atoms with Crippen molar-refractivity contribution in [3.05, 3.63) is 69.6 Å². The lowest BCUT2D eigenvalue weighted by Gasteiger charge is -2.10. The number of sulfonamides is 1. The summed E-state index contributed by atoms with van der Waals surface area (Å²) in [6.45, 7) is 1.76. The average molecular weight is 584 g/mol. The highest BCUT2D eigenvalue weighted by molar-refractivity contribution is 14.1. The summed E-state index contributed by atoms with van der Waals surface area (Å²) in [5, 5.41) is 19.2. The van der Waals surface area contributed by atoms with E-state index in [4.69, 9.17) is 5.21 Å². The van der Waals surface area contributed by atoms with Gasteiger partial charge in [-0.3, -0.25) is 14.8 Å². The van der Waals surface area contributed by atoms with Crippen molar-refractivity contribution in [2.75, 3.05) is 5.32 Å². The van der Waals surface area contributed by atoms with Crippen LogP contribution < -0.4 is 15.5 Å². The quantitative estimate of drug-likeness (QED) is 0.129. The molecule has 0 bridgehead atoms. The van der Waals surface area contributed by atoms with Crippen LogP contribution in [0, 0.1) is 9.49 Å². The van der Waals surface area contributed by atoms with E-state index >= 15 is 0 Å². The van der Waals surface area contributed by atoms with Crippen LogP contribution in [0.2, 0.25) is 0 Å². The van der Waals surface area contributed by atoms with Gasteiger partial charge in [-0.15, -0.1) is 5.10 Å². The van der Waals surface area contributed by atoms with Crippen molar-refractivity contribution in [1.82, 2.24) is 25.2 Å². The van der Waals surface area contributed by atoms with Crippen LogP contribution in [0.1, 0.15) is 18.2 Å². The second kappa shape index (κ2) is 10.8. The van der Waals surface area contributed by atoms with E-state index in [1.165, 1.54) is 24.5 Å². The van der Waals surface area contributed by atoms with Gasteiger partial charge in [0.2, 0.25) is 15.9 Å². The van der Waals surface area contributed by atoms with Gasteiger partial charge in [0.25, 0.3) is 5.91 Å². The number of nitrogens with one attached hydrogen (secondary N) is 3. The number of nitrogens with zero attached hydrogens (tertiary/aromatic N) is 3. The maximum atomic E-state index is 12.4. The predicted octanol–water partition coefficient (Wildman–Crippen LogP) is 1.49. The lowest BCUT2D eigenvalue weighted by atomic mass is 10.1. The Labute approximate surface area is 203 Å². The first-order chi connectivity index (χ1) is 15.7. The number of carbonyl (C=O) groups excluding carboxylic acids is 2. The van der Waals surface area contributed by atoms with E-state index in [0.29, 0.717) is 17.9 Å². The predicted molar refractivity (Wildman–Crippen MR) is 126 cm³/mol. The van der Waals surface area contributed by atoms with E-state index in [1.54, 1.807) is 47.3 Å². The molecule has 3 rings (SSSR count). The maximum absolute atomic E-state index is 12.4. The summed E-state index contributed by atoms with van der Waals surface area (Å²) in [4.78, 5) is 23.5.